The zero-order valence-electron chi connectivity index (χ0n) is 20.5. The molecule has 2 aliphatic heterocycles. The number of hydrogen-bond donors (Lipinski definition) is 1. The van der Waals surface area contributed by atoms with Gasteiger partial charge in [0.25, 0.3) is 5.56 Å². The Morgan fingerprint density at radius 1 is 1.14 bits per heavy atom. The molecule has 11 nitrogen and oxygen atoms in total. The maximum absolute atomic E-state index is 12.9. The summed E-state index contributed by atoms with van der Waals surface area (Å²) in [6.07, 6.45) is 2.16. The standard InChI is InChI=1S/C25H28N5O6P/c1-3-34-37(32,35-4-2)13-12-18-14-20(33-15-17-8-6-5-7-9-17)25(36-18)30-24-22-19(29-30)10-11-21(31)28-23(22)26-16-27-24/h5-13,16,18,20,25,29H,3-4,14-15H2,1-2H3/b13-12+/t18-,20-,25-/m1/s1. The fourth-order valence-electron chi connectivity index (χ4n) is 4.35. The van der Waals surface area contributed by atoms with Gasteiger partial charge in [0.05, 0.1) is 37.0 Å². The molecule has 3 aromatic rings. The molecule has 2 aliphatic rings. The molecule has 0 aliphatic carbocycles. The van der Waals surface area contributed by atoms with Crippen LogP contribution in [0, 0.1) is 0 Å². The lowest BCUT2D eigenvalue weighted by Gasteiger charge is -2.30. The van der Waals surface area contributed by atoms with E-state index in [-0.39, 0.29) is 25.0 Å². The summed E-state index contributed by atoms with van der Waals surface area (Å²) in [6, 6.07) is 12.9. The normalized spacial score (nSPS) is 21.1. The van der Waals surface area contributed by atoms with Crippen molar-refractivity contribution < 1.29 is 23.1 Å². The predicted molar refractivity (Wildman–Crippen MR) is 138 cm³/mol. The summed E-state index contributed by atoms with van der Waals surface area (Å²) in [5.41, 5.74) is 4.84. The van der Waals surface area contributed by atoms with Crippen LogP contribution in [0.2, 0.25) is 0 Å². The second-order valence-corrected chi connectivity index (χ2v) is 10.3. The Bertz CT molecular complexity index is 1380. The lowest BCUT2D eigenvalue weighted by molar-refractivity contribution is -0.0222. The lowest BCUT2D eigenvalue weighted by atomic mass is 10.2. The Labute approximate surface area is 214 Å². The molecular weight excluding hydrogens is 497 g/mol. The highest BCUT2D eigenvalue weighted by atomic mass is 31.2. The van der Waals surface area contributed by atoms with Crippen LogP contribution >= 0.6 is 7.60 Å². The van der Waals surface area contributed by atoms with E-state index in [1.807, 2.05) is 30.3 Å². The Balaban J connectivity index is 1.43. The number of benzene rings is 1. The molecule has 1 fully saturated rings. The Kier molecular flexibility index (Phi) is 7.59. The number of hydrazine groups is 1. The number of hydrogen-bond acceptors (Lipinski definition) is 11. The second-order valence-electron chi connectivity index (χ2n) is 8.43. The van der Waals surface area contributed by atoms with Gasteiger partial charge in [-0.15, -0.1) is 0 Å². The molecule has 0 spiro atoms. The van der Waals surface area contributed by atoms with Crippen LogP contribution in [0.1, 0.15) is 25.8 Å². The maximum atomic E-state index is 12.9. The first-order valence-corrected chi connectivity index (χ1v) is 13.7. The van der Waals surface area contributed by atoms with Crippen molar-refractivity contribution in [3.63, 3.8) is 0 Å². The smallest absolute Gasteiger partial charge is 0.353 e. The number of anilines is 2. The van der Waals surface area contributed by atoms with Gasteiger partial charge >= 0.3 is 7.60 Å². The van der Waals surface area contributed by atoms with Crippen LogP contribution in [0.15, 0.2) is 65.5 Å². The van der Waals surface area contributed by atoms with Gasteiger partial charge in [-0.05, 0) is 31.6 Å². The summed E-state index contributed by atoms with van der Waals surface area (Å²) in [6.45, 7) is 4.43. The molecule has 1 saturated heterocycles. The van der Waals surface area contributed by atoms with Crippen molar-refractivity contribution in [1.82, 2.24) is 15.0 Å². The van der Waals surface area contributed by atoms with Crippen molar-refractivity contribution in [3.8, 4) is 0 Å². The van der Waals surface area contributed by atoms with Gasteiger partial charge < -0.3 is 18.5 Å². The molecule has 12 heteroatoms. The van der Waals surface area contributed by atoms with E-state index in [2.05, 4.69) is 20.4 Å². The summed E-state index contributed by atoms with van der Waals surface area (Å²) >= 11 is 0. The van der Waals surface area contributed by atoms with Crippen LogP contribution in [-0.2, 0) is 29.7 Å². The van der Waals surface area contributed by atoms with E-state index in [4.69, 9.17) is 18.5 Å². The molecule has 194 valence electrons. The highest BCUT2D eigenvalue weighted by Crippen LogP contribution is 2.50. The SMILES string of the molecule is CCOP(=O)(/C=C/[C@@H]1C[C@@H](OCc2ccccc2)[C@H](N2Nc3ccc(=O)nc4ncnc2c34)O1)OCC. The second kappa shape index (κ2) is 11.0. The number of nitrogens with one attached hydrogen (secondary N) is 1. The summed E-state index contributed by atoms with van der Waals surface area (Å²) in [4.78, 5) is 24.6. The molecule has 2 aromatic heterocycles. The van der Waals surface area contributed by atoms with Crippen molar-refractivity contribution in [1.29, 1.82) is 0 Å². The van der Waals surface area contributed by atoms with Crippen LogP contribution in [0.3, 0.4) is 0 Å². The van der Waals surface area contributed by atoms with Crippen LogP contribution in [0.25, 0.3) is 11.0 Å². The molecule has 1 aromatic carbocycles. The predicted octanol–water partition coefficient (Wildman–Crippen LogP) is 4.01. The van der Waals surface area contributed by atoms with E-state index < -0.39 is 25.5 Å². The molecule has 0 bridgehead atoms. The average Bonchev–Trinajstić information content (AvgIpc) is 3.43. The quantitative estimate of drug-likeness (QED) is 0.386. The number of ether oxygens (including phenoxy) is 2. The summed E-state index contributed by atoms with van der Waals surface area (Å²) in [5, 5.41) is 2.38. The number of aromatic nitrogens is 3. The Morgan fingerprint density at radius 2 is 1.92 bits per heavy atom. The summed E-state index contributed by atoms with van der Waals surface area (Å²) < 4.78 is 36.4. The third-order valence-corrected chi connectivity index (χ3v) is 7.69. The molecule has 0 saturated carbocycles. The van der Waals surface area contributed by atoms with Crippen LogP contribution in [0.4, 0.5) is 11.5 Å². The fraction of sp³-hybridized carbons (Fsp3) is 0.360. The molecule has 1 N–H and O–H groups in total. The first kappa shape index (κ1) is 25.4. The van der Waals surface area contributed by atoms with Gasteiger partial charge in [0.15, 0.2) is 17.7 Å². The van der Waals surface area contributed by atoms with Gasteiger partial charge in [-0.2, -0.15) is 4.98 Å². The molecule has 3 atom stereocenters. The van der Waals surface area contributed by atoms with Crippen LogP contribution < -0.4 is 16.0 Å². The van der Waals surface area contributed by atoms with Crippen LogP contribution in [-0.4, -0.2) is 46.6 Å². The van der Waals surface area contributed by atoms with E-state index in [1.165, 1.54) is 18.2 Å². The summed E-state index contributed by atoms with van der Waals surface area (Å²) in [7, 11) is -3.39. The monoisotopic (exact) mass is 525 g/mol. The largest absolute Gasteiger partial charge is 0.369 e. The van der Waals surface area contributed by atoms with Crippen molar-refractivity contribution >= 4 is 30.1 Å². The van der Waals surface area contributed by atoms with E-state index in [0.717, 1.165) is 5.56 Å². The van der Waals surface area contributed by atoms with Gasteiger partial charge in [0, 0.05) is 18.3 Å². The highest BCUT2D eigenvalue weighted by Gasteiger charge is 2.43. The molecule has 37 heavy (non-hydrogen) atoms. The molecule has 0 amide bonds. The van der Waals surface area contributed by atoms with E-state index in [0.29, 0.717) is 29.9 Å². The number of rotatable bonds is 10. The molecule has 4 heterocycles. The van der Waals surface area contributed by atoms with Crippen molar-refractivity contribution in [2.45, 2.75) is 45.3 Å². The zero-order chi connectivity index (χ0) is 25.8. The molecule has 0 unspecified atom stereocenters. The fourth-order valence-corrected chi connectivity index (χ4v) is 5.72. The zero-order valence-corrected chi connectivity index (χ0v) is 21.4. The minimum absolute atomic E-state index is 0.259. The first-order valence-electron chi connectivity index (χ1n) is 12.1. The van der Waals surface area contributed by atoms with Gasteiger partial charge in [0.2, 0.25) is 0 Å². The summed E-state index contributed by atoms with van der Waals surface area (Å²) in [5.74, 6) is 1.98. The van der Waals surface area contributed by atoms with Crippen molar-refractivity contribution in [3.05, 3.63) is 76.6 Å². The van der Waals surface area contributed by atoms with Crippen molar-refractivity contribution in [2.75, 3.05) is 23.6 Å². The van der Waals surface area contributed by atoms with Crippen molar-refractivity contribution in [2.24, 2.45) is 0 Å². The van der Waals surface area contributed by atoms with Crippen LogP contribution in [0.5, 0.6) is 0 Å². The van der Waals surface area contributed by atoms with Gasteiger partial charge in [0.1, 0.15) is 12.4 Å². The highest BCUT2D eigenvalue weighted by molar-refractivity contribution is 7.57. The maximum Gasteiger partial charge on any atom is 0.353 e. The number of nitrogens with zero attached hydrogens (tertiary/aromatic N) is 4. The third kappa shape index (κ3) is 5.56. The molecular formula is C25H28N5O6P. The van der Waals surface area contributed by atoms with Gasteiger partial charge in [-0.1, -0.05) is 30.3 Å². The Morgan fingerprint density at radius 3 is 2.68 bits per heavy atom. The lowest BCUT2D eigenvalue weighted by Crippen LogP contribution is -2.45. The molecule has 0 radical (unpaired) electrons. The minimum atomic E-state index is -3.39. The average molecular weight is 526 g/mol. The van der Waals surface area contributed by atoms with Gasteiger partial charge in [-0.25, -0.2) is 15.0 Å². The Hall–Kier alpha value is -3.21. The van der Waals surface area contributed by atoms with Gasteiger partial charge in [-0.3, -0.25) is 14.8 Å². The minimum Gasteiger partial charge on any atom is -0.369 e. The van der Waals surface area contributed by atoms with E-state index in [1.54, 1.807) is 31.0 Å². The van der Waals surface area contributed by atoms with E-state index >= 15 is 0 Å². The topological polar surface area (TPSA) is 125 Å². The van der Waals surface area contributed by atoms with E-state index in [9.17, 15) is 9.36 Å². The third-order valence-electron chi connectivity index (χ3n) is 5.91. The molecule has 5 rings (SSSR count). The first-order chi connectivity index (χ1) is 18.0.